The zero-order valence-electron chi connectivity index (χ0n) is 18.6. The lowest BCUT2D eigenvalue weighted by molar-refractivity contribution is 0.146. The van der Waals surface area contributed by atoms with Gasteiger partial charge in [0.05, 0.1) is 22.6 Å². The standard InChI is InChI=1S/C23H22F3N7O/c1-12(14-6-5-7-15(18(14)24)19(25)26)28-20-16-10-17(23-32-27-11-34-23)22(33-8-3-4-9-33)31-21(16)30-13(2)29-20/h5-7,10-12,19H,3-4,8-9H2,1-2H3,(H,28,29,30,31)/t12-/m1/s1. The van der Waals surface area contributed by atoms with Crippen molar-refractivity contribution >= 4 is 22.7 Å². The van der Waals surface area contributed by atoms with Crippen molar-refractivity contribution in [3.05, 3.63) is 53.4 Å². The van der Waals surface area contributed by atoms with Gasteiger partial charge >= 0.3 is 0 Å². The van der Waals surface area contributed by atoms with Crippen molar-refractivity contribution in [3.8, 4) is 11.5 Å². The smallest absolute Gasteiger partial charge is 0.266 e. The summed E-state index contributed by atoms with van der Waals surface area (Å²) in [6.45, 7) is 5.12. The molecule has 0 spiro atoms. The minimum atomic E-state index is -2.90. The third-order valence-corrected chi connectivity index (χ3v) is 5.89. The van der Waals surface area contributed by atoms with Crippen LogP contribution in [0, 0.1) is 12.7 Å². The van der Waals surface area contributed by atoms with Gasteiger partial charge in [0, 0.05) is 18.7 Å². The van der Waals surface area contributed by atoms with Crippen molar-refractivity contribution in [2.45, 2.75) is 39.2 Å². The molecule has 11 heteroatoms. The number of nitrogens with one attached hydrogen (secondary N) is 1. The Balaban J connectivity index is 1.61. The number of nitrogens with zero attached hydrogens (tertiary/aromatic N) is 6. The van der Waals surface area contributed by atoms with Crippen LogP contribution in [0.5, 0.6) is 0 Å². The van der Waals surface area contributed by atoms with E-state index < -0.39 is 23.8 Å². The van der Waals surface area contributed by atoms with Gasteiger partial charge in [-0.1, -0.05) is 18.2 Å². The number of halogens is 3. The topological polar surface area (TPSA) is 92.9 Å². The van der Waals surface area contributed by atoms with Crippen LogP contribution in [0.3, 0.4) is 0 Å². The van der Waals surface area contributed by atoms with Crippen molar-refractivity contribution in [1.29, 1.82) is 0 Å². The second-order valence-corrected chi connectivity index (χ2v) is 8.21. The summed E-state index contributed by atoms with van der Waals surface area (Å²) in [5.41, 5.74) is 0.571. The molecule has 4 heterocycles. The Labute approximate surface area is 193 Å². The van der Waals surface area contributed by atoms with Crippen LogP contribution in [-0.4, -0.2) is 38.2 Å². The van der Waals surface area contributed by atoms with Crippen molar-refractivity contribution in [3.63, 3.8) is 0 Å². The molecule has 8 nitrogen and oxygen atoms in total. The maximum atomic E-state index is 14.7. The molecule has 0 unspecified atom stereocenters. The molecule has 1 saturated heterocycles. The highest BCUT2D eigenvalue weighted by Crippen LogP contribution is 2.36. The van der Waals surface area contributed by atoms with E-state index in [1.165, 1.54) is 18.5 Å². The number of hydrogen-bond donors (Lipinski definition) is 1. The van der Waals surface area contributed by atoms with Crippen LogP contribution in [0.25, 0.3) is 22.5 Å². The molecule has 0 saturated carbocycles. The van der Waals surface area contributed by atoms with Gasteiger partial charge < -0.3 is 14.6 Å². The number of aromatic nitrogens is 5. The first-order chi connectivity index (χ1) is 16.4. The predicted octanol–water partition coefficient (Wildman–Crippen LogP) is 5.23. The van der Waals surface area contributed by atoms with E-state index in [0.29, 0.717) is 39.9 Å². The fourth-order valence-electron chi connectivity index (χ4n) is 4.24. The van der Waals surface area contributed by atoms with Gasteiger partial charge in [-0.3, -0.25) is 0 Å². The largest absolute Gasteiger partial charge is 0.423 e. The molecule has 1 atom stereocenters. The minimum Gasteiger partial charge on any atom is -0.423 e. The lowest BCUT2D eigenvalue weighted by Gasteiger charge is -2.21. The summed E-state index contributed by atoms with van der Waals surface area (Å²) in [5.74, 6) is 0.939. The molecule has 0 amide bonds. The van der Waals surface area contributed by atoms with E-state index in [1.807, 2.05) is 6.07 Å². The van der Waals surface area contributed by atoms with Crippen LogP contribution in [0.15, 0.2) is 35.1 Å². The van der Waals surface area contributed by atoms with E-state index in [9.17, 15) is 13.2 Å². The summed E-state index contributed by atoms with van der Waals surface area (Å²) < 4.78 is 46.6. The maximum Gasteiger partial charge on any atom is 0.266 e. The summed E-state index contributed by atoms with van der Waals surface area (Å²) in [6.07, 6.45) is 0.455. The Bertz CT molecular complexity index is 1320. The van der Waals surface area contributed by atoms with Crippen LogP contribution >= 0.6 is 0 Å². The number of alkyl halides is 2. The molecule has 1 aliphatic rings. The van der Waals surface area contributed by atoms with Gasteiger partial charge in [-0.25, -0.2) is 28.1 Å². The van der Waals surface area contributed by atoms with E-state index in [-0.39, 0.29) is 5.56 Å². The van der Waals surface area contributed by atoms with Crippen LogP contribution in [0.1, 0.15) is 49.2 Å². The fourth-order valence-corrected chi connectivity index (χ4v) is 4.24. The maximum absolute atomic E-state index is 14.7. The molecule has 5 rings (SSSR count). The number of benzene rings is 1. The first kappa shape index (κ1) is 22.1. The molecule has 1 N–H and O–H groups in total. The van der Waals surface area contributed by atoms with Crippen molar-refractivity contribution < 1.29 is 17.6 Å². The zero-order valence-corrected chi connectivity index (χ0v) is 18.6. The zero-order chi connectivity index (χ0) is 23.8. The summed E-state index contributed by atoms with van der Waals surface area (Å²) in [5, 5.41) is 11.6. The monoisotopic (exact) mass is 469 g/mol. The minimum absolute atomic E-state index is 0.112. The van der Waals surface area contributed by atoms with Gasteiger partial charge in [0.1, 0.15) is 23.3 Å². The summed E-state index contributed by atoms with van der Waals surface area (Å²) in [7, 11) is 0. The Hall–Kier alpha value is -3.76. The summed E-state index contributed by atoms with van der Waals surface area (Å²) in [6, 6.07) is 5.15. The molecular formula is C23H22F3N7O. The molecule has 34 heavy (non-hydrogen) atoms. The number of hydrogen-bond acceptors (Lipinski definition) is 8. The highest BCUT2D eigenvalue weighted by Gasteiger charge is 2.24. The van der Waals surface area contributed by atoms with Crippen molar-refractivity contribution in [2.75, 3.05) is 23.3 Å². The molecule has 0 aliphatic carbocycles. The molecule has 0 radical (unpaired) electrons. The molecule has 0 bridgehead atoms. The fraction of sp³-hybridized carbons (Fsp3) is 0.348. The third-order valence-electron chi connectivity index (χ3n) is 5.89. The molecular weight excluding hydrogens is 447 g/mol. The average Bonchev–Trinajstić information content (AvgIpc) is 3.52. The van der Waals surface area contributed by atoms with E-state index >= 15 is 0 Å². The molecule has 1 aromatic carbocycles. The summed E-state index contributed by atoms with van der Waals surface area (Å²) in [4.78, 5) is 15.9. The Morgan fingerprint density at radius 3 is 2.56 bits per heavy atom. The van der Waals surface area contributed by atoms with Gasteiger partial charge in [-0.15, -0.1) is 10.2 Å². The Morgan fingerprint density at radius 1 is 1.09 bits per heavy atom. The van der Waals surface area contributed by atoms with E-state index in [1.54, 1.807) is 13.8 Å². The van der Waals surface area contributed by atoms with Gasteiger partial charge in [0.25, 0.3) is 12.3 Å². The van der Waals surface area contributed by atoms with Gasteiger partial charge in [-0.05, 0) is 32.8 Å². The molecule has 3 aromatic heterocycles. The first-order valence-corrected chi connectivity index (χ1v) is 11.0. The van der Waals surface area contributed by atoms with E-state index in [0.717, 1.165) is 32.0 Å². The number of pyridine rings is 1. The number of anilines is 2. The van der Waals surface area contributed by atoms with Crippen LogP contribution in [-0.2, 0) is 0 Å². The predicted molar refractivity (Wildman–Crippen MR) is 120 cm³/mol. The number of fused-ring (bicyclic) bond motifs is 1. The lowest BCUT2D eigenvalue weighted by Crippen LogP contribution is -2.20. The van der Waals surface area contributed by atoms with E-state index in [4.69, 9.17) is 9.40 Å². The number of rotatable bonds is 6. The average molecular weight is 469 g/mol. The normalized spacial score (nSPS) is 14.8. The molecule has 1 aliphatic heterocycles. The quantitative estimate of drug-likeness (QED) is 0.410. The first-order valence-electron chi connectivity index (χ1n) is 11.0. The Morgan fingerprint density at radius 2 is 1.85 bits per heavy atom. The molecule has 1 fully saturated rings. The SMILES string of the molecule is Cc1nc(N[C@H](C)c2cccc(C(F)F)c2F)c2cc(-c3nnco3)c(N3CCCC3)nc2n1. The van der Waals surface area contributed by atoms with Crippen LogP contribution < -0.4 is 10.2 Å². The molecule has 4 aromatic rings. The van der Waals surface area contributed by atoms with E-state index in [2.05, 4.69) is 30.4 Å². The van der Waals surface area contributed by atoms with Crippen LogP contribution in [0.4, 0.5) is 24.8 Å². The van der Waals surface area contributed by atoms with Crippen molar-refractivity contribution in [1.82, 2.24) is 25.1 Å². The van der Waals surface area contributed by atoms with Gasteiger partial charge in [0.2, 0.25) is 6.39 Å². The highest BCUT2D eigenvalue weighted by molar-refractivity contribution is 5.93. The van der Waals surface area contributed by atoms with Crippen molar-refractivity contribution in [2.24, 2.45) is 0 Å². The van der Waals surface area contributed by atoms with Crippen LogP contribution in [0.2, 0.25) is 0 Å². The van der Waals surface area contributed by atoms with Gasteiger partial charge in [0.15, 0.2) is 5.65 Å². The summed E-state index contributed by atoms with van der Waals surface area (Å²) >= 11 is 0. The second-order valence-electron chi connectivity index (χ2n) is 8.21. The second kappa shape index (κ2) is 8.88. The Kier molecular flexibility index (Phi) is 5.76. The lowest BCUT2D eigenvalue weighted by atomic mass is 10.0. The highest BCUT2D eigenvalue weighted by atomic mass is 19.3. The molecule has 176 valence electrons. The van der Waals surface area contributed by atoms with Gasteiger partial charge in [-0.2, -0.15) is 0 Å². The third kappa shape index (κ3) is 4.02. The number of aryl methyl sites for hydroxylation is 1.